The van der Waals surface area contributed by atoms with E-state index in [0.717, 1.165) is 38.6 Å². The minimum atomic E-state index is 0.149. The van der Waals surface area contributed by atoms with Gasteiger partial charge in [-0.1, -0.05) is 20.8 Å². The van der Waals surface area contributed by atoms with Crippen molar-refractivity contribution in [1.29, 1.82) is 0 Å². The van der Waals surface area contributed by atoms with E-state index in [1.54, 1.807) is 0 Å². The molecule has 0 bridgehead atoms. The molecule has 0 saturated carbocycles. The van der Waals surface area contributed by atoms with Gasteiger partial charge in [0, 0.05) is 32.7 Å². The smallest absolute Gasteiger partial charge is 0.230 e. The van der Waals surface area contributed by atoms with Crippen molar-refractivity contribution in [2.45, 2.75) is 54.9 Å². The number of rotatable bonds is 7. The highest BCUT2D eigenvalue weighted by Crippen LogP contribution is 2.14. The molecule has 4 heteroatoms. The van der Waals surface area contributed by atoms with Gasteiger partial charge in [0.2, 0.25) is 5.91 Å². The van der Waals surface area contributed by atoms with Crippen LogP contribution in [0.2, 0.25) is 0 Å². The Balaban J connectivity index is 4.99. The molecule has 20 heavy (non-hydrogen) atoms. The Morgan fingerprint density at radius 3 is 1.70 bits per heavy atom. The molecule has 118 valence electrons. The maximum absolute atomic E-state index is 12.3. The highest BCUT2D eigenvalue weighted by Gasteiger charge is 2.18. The largest absolute Gasteiger partial charge is 0.361 e. The van der Waals surface area contributed by atoms with Crippen LogP contribution in [0.4, 0.5) is 0 Å². The van der Waals surface area contributed by atoms with Gasteiger partial charge in [-0.2, -0.15) is 0 Å². The first kappa shape index (κ1) is 18.9. The zero-order valence-corrected chi connectivity index (χ0v) is 14.5. The van der Waals surface area contributed by atoms with Crippen molar-refractivity contribution < 1.29 is 4.79 Å². The van der Waals surface area contributed by atoms with E-state index in [0.29, 0.717) is 6.42 Å². The Morgan fingerprint density at radius 2 is 1.35 bits per heavy atom. The van der Waals surface area contributed by atoms with E-state index in [1.807, 2.05) is 18.7 Å². The van der Waals surface area contributed by atoms with Gasteiger partial charge >= 0.3 is 0 Å². The number of nitrogens with zero attached hydrogens (tertiary/aromatic N) is 3. The Kier molecular flexibility index (Phi) is 8.51. The molecular formula is C16H33N3O. The van der Waals surface area contributed by atoms with Crippen LogP contribution in [0.15, 0.2) is 4.99 Å². The second-order valence-corrected chi connectivity index (χ2v) is 6.21. The maximum atomic E-state index is 12.3. The van der Waals surface area contributed by atoms with Crippen LogP contribution in [0, 0.1) is 5.41 Å². The zero-order valence-electron chi connectivity index (χ0n) is 14.5. The number of hydrogen-bond acceptors (Lipinski definition) is 2. The lowest BCUT2D eigenvalue weighted by molar-refractivity contribution is -0.129. The Bertz CT molecular complexity index is 310. The van der Waals surface area contributed by atoms with E-state index in [1.165, 1.54) is 0 Å². The van der Waals surface area contributed by atoms with E-state index in [2.05, 4.69) is 39.5 Å². The third kappa shape index (κ3) is 6.92. The SMILES string of the molecule is CCN(CC)C(=O)CC(=NCC(C)(C)C)N(CC)CC. The molecule has 0 radical (unpaired) electrons. The summed E-state index contributed by atoms with van der Waals surface area (Å²) in [5, 5.41) is 0. The zero-order chi connectivity index (χ0) is 15.8. The number of amidine groups is 1. The van der Waals surface area contributed by atoms with Crippen LogP contribution in [-0.2, 0) is 4.79 Å². The molecule has 0 unspecified atom stereocenters. The first-order valence-electron chi connectivity index (χ1n) is 7.85. The topological polar surface area (TPSA) is 35.9 Å². The summed E-state index contributed by atoms with van der Waals surface area (Å²) in [4.78, 5) is 21.1. The van der Waals surface area contributed by atoms with E-state index < -0.39 is 0 Å². The standard InChI is InChI=1S/C16H33N3O/c1-8-18(9-2)14(17-13-16(5,6)7)12-15(20)19(10-3)11-4/h8-13H2,1-7H3. The van der Waals surface area contributed by atoms with Crippen LogP contribution in [0.3, 0.4) is 0 Å². The van der Waals surface area contributed by atoms with Crippen molar-refractivity contribution in [3.05, 3.63) is 0 Å². The quantitative estimate of drug-likeness (QED) is 0.532. The Morgan fingerprint density at radius 1 is 0.900 bits per heavy atom. The van der Waals surface area contributed by atoms with Crippen molar-refractivity contribution >= 4 is 11.7 Å². The lowest BCUT2D eigenvalue weighted by Gasteiger charge is -2.27. The summed E-state index contributed by atoms with van der Waals surface area (Å²) in [7, 11) is 0. The van der Waals surface area contributed by atoms with Crippen LogP contribution in [0.5, 0.6) is 0 Å². The summed E-state index contributed by atoms with van der Waals surface area (Å²) >= 11 is 0. The Labute approximate surface area is 125 Å². The molecule has 0 atom stereocenters. The van der Waals surface area contributed by atoms with E-state index in [-0.39, 0.29) is 11.3 Å². The van der Waals surface area contributed by atoms with Gasteiger partial charge < -0.3 is 9.80 Å². The van der Waals surface area contributed by atoms with E-state index in [4.69, 9.17) is 4.99 Å². The average molecular weight is 283 g/mol. The highest BCUT2D eigenvalue weighted by molar-refractivity contribution is 5.99. The fourth-order valence-corrected chi connectivity index (χ4v) is 2.01. The minimum absolute atomic E-state index is 0.149. The normalized spacial score (nSPS) is 12.4. The van der Waals surface area contributed by atoms with Crippen molar-refractivity contribution in [3.8, 4) is 0 Å². The molecule has 0 spiro atoms. The van der Waals surface area contributed by atoms with Gasteiger partial charge in [-0.05, 0) is 33.1 Å². The summed E-state index contributed by atoms with van der Waals surface area (Å²) in [5.74, 6) is 1.11. The first-order chi connectivity index (χ1) is 9.28. The maximum Gasteiger partial charge on any atom is 0.230 e. The second kappa shape index (κ2) is 8.98. The fourth-order valence-electron chi connectivity index (χ4n) is 2.01. The van der Waals surface area contributed by atoms with Crippen molar-refractivity contribution in [2.75, 3.05) is 32.7 Å². The van der Waals surface area contributed by atoms with Crippen LogP contribution in [-0.4, -0.2) is 54.3 Å². The van der Waals surface area contributed by atoms with Gasteiger partial charge in [-0.25, -0.2) is 0 Å². The monoisotopic (exact) mass is 283 g/mol. The first-order valence-corrected chi connectivity index (χ1v) is 7.85. The van der Waals surface area contributed by atoms with E-state index >= 15 is 0 Å². The molecule has 0 aromatic carbocycles. The van der Waals surface area contributed by atoms with Crippen LogP contribution < -0.4 is 0 Å². The lowest BCUT2D eigenvalue weighted by Crippen LogP contribution is -2.38. The Hall–Kier alpha value is -1.06. The second-order valence-electron chi connectivity index (χ2n) is 6.21. The molecular weight excluding hydrogens is 250 g/mol. The van der Waals surface area contributed by atoms with Crippen molar-refractivity contribution in [2.24, 2.45) is 10.4 Å². The molecule has 1 amide bonds. The summed E-state index contributed by atoms with van der Waals surface area (Å²) in [5.41, 5.74) is 0.149. The van der Waals surface area contributed by atoms with Crippen LogP contribution in [0.1, 0.15) is 54.9 Å². The van der Waals surface area contributed by atoms with Gasteiger partial charge in [-0.15, -0.1) is 0 Å². The van der Waals surface area contributed by atoms with Crippen molar-refractivity contribution in [1.82, 2.24) is 9.80 Å². The summed E-state index contributed by atoms with van der Waals surface area (Å²) in [6, 6.07) is 0. The van der Waals surface area contributed by atoms with E-state index in [9.17, 15) is 4.79 Å². The van der Waals surface area contributed by atoms with Crippen LogP contribution in [0.25, 0.3) is 0 Å². The fraction of sp³-hybridized carbons (Fsp3) is 0.875. The van der Waals surface area contributed by atoms with Gasteiger partial charge in [0.15, 0.2) is 0 Å². The number of hydrogen-bond donors (Lipinski definition) is 0. The molecule has 0 aromatic rings. The highest BCUT2D eigenvalue weighted by atomic mass is 16.2. The number of amides is 1. The average Bonchev–Trinajstić information content (AvgIpc) is 2.37. The minimum Gasteiger partial charge on any atom is -0.361 e. The van der Waals surface area contributed by atoms with Gasteiger partial charge in [0.05, 0.1) is 6.42 Å². The lowest BCUT2D eigenvalue weighted by atomic mass is 9.97. The van der Waals surface area contributed by atoms with Gasteiger partial charge in [-0.3, -0.25) is 9.79 Å². The third-order valence-electron chi connectivity index (χ3n) is 3.29. The molecule has 0 saturated heterocycles. The predicted molar refractivity (Wildman–Crippen MR) is 87.2 cm³/mol. The predicted octanol–water partition coefficient (Wildman–Crippen LogP) is 3.03. The van der Waals surface area contributed by atoms with Crippen molar-refractivity contribution in [3.63, 3.8) is 0 Å². The number of carbonyl (C=O) groups is 1. The van der Waals surface area contributed by atoms with Gasteiger partial charge in [0.1, 0.15) is 5.84 Å². The number of carbonyl (C=O) groups excluding carboxylic acids is 1. The van der Waals surface area contributed by atoms with Crippen LogP contribution >= 0.6 is 0 Å². The summed E-state index contributed by atoms with van der Waals surface area (Å²) in [6.45, 7) is 18.8. The molecule has 0 N–H and O–H groups in total. The molecule has 0 aliphatic heterocycles. The summed E-state index contributed by atoms with van der Waals surface area (Å²) < 4.78 is 0. The molecule has 0 aliphatic carbocycles. The summed E-state index contributed by atoms with van der Waals surface area (Å²) in [6.07, 6.45) is 0.416. The van der Waals surface area contributed by atoms with Gasteiger partial charge in [0.25, 0.3) is 0 Å². The molecule has 0 aromatic heterocycles. The third-order valence-corrected chi connectivity index (χ3v) is 3.29. The molecule has 0 rings (SSSR count). The molecule has 0 fully saturated rings. The molecule has 4 nitrogen and oxygen atoms in total. The molecule has 0 heterocycles. The number of aliphatic imine (C=N–C) groups is 1. The molecule has 0 aliphatic rings.